The Morgan fingerprint density at radius 2 is 1.77 bits per heavy atom. The fourth-order valence-electron chi connectivity index (χ4n) is 4.58. The van der Waals surface area contributed by atoms with Gasteiger partial charge in [0.1, 0.15) is 11.6 Å². The first-order valence-corrected chi connectivity index (χ1v) is 14.0. The summed E-state index contributed by atoms with van der Waals surface area (Å²) in [5, 5.41) is 20.1. The third-order valence-electron chi connectivity index (χ3n) is 6.89. The molecule has 0 fully saturated rings. The number of aromatic nitrogens is 1. The first-order valence-electron chi connectivity index (χ1n) is 13.2. The minimum absolute atomic E-state index is 0.0274. The Kier molecular flexibility index (Phi) is 8.07. The van der Waals surface area contributed by atoms with E-state index in [0.717, 1.165) is 6.07 Å². The van der Waals surface area contributed by atoms with Gasteiger partial charge in [-0.15, -0.1) is 11.3 Å². The largest absolute Gasteiger partial charge is 0.496 e. The highest BCUT2D eigenvalue weighted by Crippen LogP contribution is 2.34. The smallest absolute Gasteiger partial charge is 0.419 e. The average Bonchev–Trinajstić information content (AvgIpc) is 3.59. The molecule has 1 aromatic heterocycles. The monoisotopic (exact) mass is 630 g/mol. The lowest BCUT2D eigenvalue weighted by molar-refractivity contribution is -0.139. The van der Waals surface area contributed by atoms with E-state index in [2.05, 4.69) is 20.8 Å². The minimum atomic E-state index is -4.97. The number of oxime groups is 1. The minimum Gasteiger partial charge on any atom is -0.496 e. The number of thiazole rings is 1. The molecule has 4 aromatic rings. The molecule has 44 heavy (non-hydrogen) atoms. The number of hydrogen-bond donors (Lipinski definition) is 3. The number of nitrogens with zero attached hydrogens (tertiary/aromatic N) is 2. The van der Waals surface area contributed by atoms with Crippen molar-refractivity contribution in [3.8, 4) is 5.75 Å². The van der Waals surface area contributed by atoms with Crippen LogP contribution in [0.4, 0.5) is 28.9 Å². The number of carbonyl (C=O) groups excluding carboxylic acids is 2. The molecular formula is C30H26F4N4O5S. The van der Waals surface area contributed by atoms with E-state index in [9.17, 15) is 32.3 Å². The van der Waals surface area contributed by atoms with Crippen LogP contribution in [0.15, 0.2) is 53.7 Å². The number of aryl methyl sites for hydroxylation is 1. The summed E-state index contributed by atoms with van der Waals surface area (Å²) in [6, 6.07) is 9.85. The van der Waals surface area contributed by atoms with Crippen molar-refractivity contribution in [2.24, 2.45) is 5.16 Å². The van der Waals surface area contributed by atoms with Gasteiger partial charge in [-0.1, -0.05) is 5.16 Å². The van der Waals surface area contributed by atoms with Gasteiger partial charge in [-0.25, -0.2) is 9.37 Å². The number of benzene rings is 3. The van der Waals surface area contributed by atoms with E-state index in [1.54, 1.807) is 32.9 Å². The molecule has 1 aliphatic rings. The van der Waals surface area contributed by atoms with Crippen molar-refractivity contribution >= 4 is 50.5 Å². The third-order valence-corrected chi connectivity index (χ3v) is 7.82. The van der Waals surface area contributed by atoms with E-state index < -0.39 is 41.1 Å². The van der Waals surface area contributed by atoms with Crippen LogP contribution in [0.5, 0.6) is 5.75 Å². The van der Waals surface area contributed by atoms with Crippen LogP contribution < -0.4 is 15.4 Å². The molecule has 1 aliphatic heterocycles. The zero-order chi connectivity index (χ0) is 32.0. The number of aliphatic hydroxyl groups is 1. The number of hydrogen-bond acceptors (Lipinski definition) is 8. The Morgan fingerprint density at radius 3 is 2.43 bits per heavy atom. The molecule has 14 heteroatoms. The number of fused-ring (bicyclic) bond motifs is 1. The molecule has 2 amide bonds. The van der Waals surface area contributed by atoms with Gasteiger partial charge in [0, 0.05) is 17.7 Å². The number of anilines is 2. The molecule has 0 aliphatic carbocycles. The predicted molar refractivity (Wildman–Crippen MR) is 157 cm³/mol. The Labute approximate surface area is 252 Å². The molecule has 1 unspecified atom stereocenters. The molecule has 0 bridgehead atoms. The highest BCUT2D eigenvalue weighted by atomic mass is 32.1. The number of alkyl halides is 3. The molecular weight excluding hydrogens is 604 g/mol. The highest BCUT2D eigenvalue weighted by molar-refractivity contribution is 7.18. The van der Waals surface area contributed by atoms with E-state index in [1.807, 2.05) is 0 Å². The zero-order valence-corrected chi connectivity index (χ0v) is 24.6. The van der Waals surface area contributed by atoms with Crippen LogP contribution in [0.2, 0.25) is 0 Å². The lowest BCUT2D eigenvalue weighted by Crippen LogP contribution is -2.36. The van der Waals surface area contributed by atoms with E-state index in [1.165, 1.54) is 36.6 Å². The first-order chi connectivity index (χ1) is 20.6. The van der Waals surface area contributed by atoms with Crippen LogP contribution in [0.25, 0.3) is 10.2 Å². The maximum absolute atomic E-state index is 13.8. The summed E-state index contributed by atoms with van der Waals surface area (Å²) >= 11 is 1.28. The fourth-order valence-corrected chi connectivity index (χ4v) is 5.43. The topological polar surface area (TPSA) is 122 Å². The van der Waals surface area contributed by atoms with Gasteiger partial charge in [-0.05, 0) is 69.3 Å². The van der Waals surface area contributed by atoms with Gasteiger partial charge in [0.05, 0.1) is 56.0 Å². The fraction of sp³-hybridized carbons (Fsp3) is 0.267. The van der Waals surface area contributed by atoms with Gasteiger partial charge in [0.2, 0.25) is 0 Å². The average molecular weight is 631 g/mol. The molecule has 9 nitrogen and oxygen atoms in total. The third kappa shape index (κ3) is 6.36. The van der Waals surface area contributed by atoms with Crippen molar-refractivity contribution in [3.63, 3.8) is 0 Å². The van der Waals surface area contributed by atoms with Crippen LogP contribution in [0.3, 0.4) is 0 Å². The van der Waals surface area contributed by atoms with Gasteiger partial charge in [-0.3, -0.25) is 9.59 Å². The lowest BCUT2D eigenvalue weighted by Gasteiger charge is -2.22. The van der Waals surface area contributed by atoms with Crippen LogP contribution in [-0.2, 0) is 11.0 Å². The first kappa shape index (κ1) is 30.9. The maximum atomic E-state index is 13.8. The summed E-state index contributed by atoms with van der Waals surface area (Å²) in [4.78, 5) is 36.8. The summed E-state index contributed by atoms with van der Waals surface area (Å²) in [7, 11) is 1.38. The van der Waals surface area contributed by atoms with Crippen molar-refractivity contribution < 1.29 is 41.8 Å². The summed E-state index contributed by atoms with van der Waals surface area (Å²) < 4.78 is 59.6. The van der Waals surface area contributed by atoms with Gasteiger partial charge < -0.3 is 25.3 Å². The highest BCUT2D eigenvalue weighted by Gasteiger charge is 2.36. The van der Waals surface area contributed by atoms with Crippen molar-refractivity contribution in [1.29, 1.82) is 0 Å². The second kappa shape index (κ2) is 11.5. The Hall–Kier alpha value is -4.56. The SMILES string of the molecule is COc1ccc(C2=NOC(C(C)(C)O)C2)cc1C(=O)Nc1cc2nc(C)sc2cc1C(=O)Nc1ccc(F)c(C(F)(F)F)c1. The number of halogens is 4. The maximum Gasteiger partial charge on any atom is 0.419 e. The van der Waals surface area contributed by atoms with Gasteiger partial charge in [-0.2, -0.15) is 13.2 Å². The van der Waals surface area contributed by atoms with E-state index in [0.29, 0.717) is 45.1 Å². The summed E-state index contributed by atoms with van der Waals surface area (Å²) in [5.41, 5.74) is -1.39. The Bertz CT molecular complexity index is 1810. The van der Waals surface area contributed by atoms with Gasteiger partial charge in [0.25, 0.3) is 11.8 Å². The number of ether oxygens (including phenoxy) is 1. The normalized spacial score (nSPS) is 15.1. The van der Waals surface area contributed by atoms with E-state index in [4.69, 9.17) is 9.57 Å². The summed E-state index contributed by atoms with van der Waals surface area (Å²) in [6.07, 6.45) is -5.26. The van der Waals surface area contributed by atoms with Crippen LogP contribution >= 0.6 is 11.3 Å². The second-order valence-corrected chi connectivity index (χ2v) is 11.8. The predicted octanol–water partition coefficient (Wildman–Crippen LogP) is 6.54. The van der Waals surface area contributed by atoms with Gasteiger partial charge >= 0.3 is 6.18 Å². The number of carbonyl (C=O) groups is 2. The number of rotatable bonds is 7. The number of nitrogens with one attached hydrogen (secondary N) is 2. The molecule has 1 atom stereocenters. The second-order valence-electron chi connectivity index (χ2n) is 10.6. The molecule has 2 heterocycles. The molecule has 0 spiro atoms. The zero-order valence-electron chi connectivity index (χ0n) is 23.8. The standard InChI is InChI=1S/C30H26F4N4O5S/c1-14-35-23-12-22(17(11-25(23)44-14)27(39)36-16-6-7-20(31)19(10-16)30(32,33)34)37-28(40)18-9-15(5-8-24(18)42-4)21-13-26(43-38-21)29(2,3)41/h5-12,26,41H,13H2,1-4H3,(H,36,39)(H,37,40). The molecule has 230 valence electrons. The molecule has 3 aromatic carbocycles. The van der Waals surface area contributed by atoms with E-state index >= 15 is 0 Å². The number of amides is 2. The van der Waals surface area contributed by atoms with Crippen LogP contribution in [0, 0.1) is 12.7 Å². The molecule has 5 rings (SSSR count). The molecule has 3 N–H and O–H groups in total. The Balaban J connectivity index is 1.48. The quantitative estimate of drug-likeness (QED) is 0.200. The van der Waals surface area contributed by atoms with E-state index in [-0.39, 0.29) is 28.3 Å². The van der Waals surface area contributed by atoms with Crippen molar-refractivity contribution in [3.05, 3.63) is 81.6 Å². The van der Waals surface area contributed by atoms with Crippen molar-refractivity contribution in [2.45, 2.75) is 45.1 Å². The Morgan fingerprint density at radius 1 is 1.05 bits per heavy atom. The molecule has 0 radical (unpaired) electrons. The molecule has 0 saturated heterocycles. The van der Waals surface area contributed by atoms with Gasteiger partial charge in [0.15, 0.2) is 6.10 Å². The summed E-state index contributed by atoms with van der Waals surface area (Å²) in [5.74, 6) is -2.77. The van der Waals surface area contributed by atoms with Crippen molar-refractivity contribution in [1.82, 2.24) is 4.98 Å². The van der Waals surface area contributed by atoms with Crippen LogP contribution in [0.1, 0.15) is 57.1 Å². The molecule has 0 saturated carbocycles. The van der Waals surface area contributed by atoms with Crippen molar-refractivity contribution in [2.75, 3.05) is 17.7 Å². The lowest BCUT2D eigenvalue weighted by atomic mass is 9.94. The van der Waals surface area contributed by atoms with Crippen LogP contribution in [-0.4, -0.2) is 46.4 Å². The summed E-state index contributed by atoms with van der Waals surface area (Å²) in [6.45, 7) is 4.96. The number of methoxy groups -OCH3 is 1.